The van der Waals surface area contributed by atoms with Crippen LogP contribution in [0, 0.1) is 17.8 Å². The highest BCUT2D eigenvalue weighted by Gasteiger charge is 2.57. The molecule has 4 aromatic rings. The number of imide groups is 1. The summed E-state index contributed by atoms with van der Waals surface area (Å²) in [5.41, 5.74) is 7.50. The van der Waals surface area contributed by atoms with Crippen LogP contribution in [0.5, 0.6) is 5.75 Å². The summed E-state index contributed by atoms with van der Waals surface area (Å²) < 4.78 is 6.45. The Hall–Kier alpha value is -5.01. The van der Waals surface area contributed by atoms with E-state index in [1.807, 2.05) is 97.1 Å². The number of rotatable bonds is 9. The zero-order valence-electron chi connectivity index (χ0n) is 25.8. The van der Waals surface area contributed by atoms with Crippen molar-refractivity contribution in [1.29, 1.82) is 0 Å². The first-order valence-electron chi connectivity index (χ1n) is 16.0. The minimum Gasteiger partial charge on any atom is -0.507 e. The largest absolute Gasteiger partial charge is 0.507 e. The highest BCUT2D eigenvalue weighted by atomic mass is 16.5. The van der Waals surface area contributed by atoms with E-state index >= 15 is 0 Å². The normalized spacial score (nSPS) is 22.6. The fourth-order valence-corrected chi connectivity index (χ4v) is 7.36. The predicted molar refractivity (Wildman–Crippen MR) is 180 cm³/mol. The molecule has 232 valence electrons. The fourth-order valence-electron chi connectivity index (χ4n) is 7.36. The van der Waals surface area contributed by atoms with Gasteiger partial charge in [0.2, 0.25) is 11.8 Å². The Bertz CT molecular complexity index is 1800. The van der Waals surface area contributed by atoms with E-state index in [1.165, 1.54) is 16.0 Å². The average Bonchev–Trinajstić information content (AvgIpc) is 3.62. The maximum absolute atomic E-state index is 14.0. The van der Waals surface area contributed by atoms with E-state index in [2.05, 4.69) is 17.2 Å². The Morgan fingerprint density at radius 2 is 1.65 bits per heavy atom. The Morgan fingerprint density at radius 1 is 0.913 bits per heavy atom. The van der Waals surface area contributed by atoms with Crippen LogP contribution in [-0.4, -0.2) is 34.6 Å². The van der Waals surface area contributed by atoms with Crippen LogP contribution in [0.15, 0.2) is 114 Å². The van der Waals surface area contributed by atoms with E-state index < -0.39 is 5.92 Å². The molecule has 7 rings (SSSR count). The van der Waals surface area contributed by atoms with Gasteiger partial charge in [-0.05, 0) is 97.5 Å². The summed E-state index contributed by atoms with van der Waals surface area (Å²) >= 11 is 0. The van der Waals surface area contributed by atoms with Crippen molar-refractivity contribution in [3.05, 3.63) is 126 Å². The number of aromatic nitrogens is 1. The number of carbonyl (C=O) groups is 2. The minimum atomic E-state index is -0.419. The fraction of sp³-hybridized carbons (Fsp3) is 0.256. The molecule has 0 saturated carbocycles. The van der Waals surface area contributed by atoms with E-state index in [9.17, 15) is 14.7 Å². The van der Waals surface area contributed by atoms with Crippen LogP contribution in [0.2, 0.25) is 0 Å². The number of phenolic OH excluding ortho intramolecular Hbond substituents is 1. The van der Waals surface area contributed by atoms with Crippen LogP contribution in [0.3, 0.4) is 0 Å². The summed E-state index contributed by atoms with van der Waals surface area (Å²) in [6, 6.07) is 30.5. The third-order valence-corrected chi connectivity index (χ3v) is 9.56. The van der Waals surface area contributed by atoms with Gasteiger partial charge in [0, 0.05) is 29.1 Å². The summed E-state index contributed by atoms with van der Waals surface area (Å²) in [6.45, 7) is 2.56. The lowest BCUT2D eigenvalue weighted by atomic mass is 9.69. The summed E-state index contributed by atoms with van der Waals surface area (Å²) in [7, 11) is 0. The second-order valence-electron chi connectivity index (χ2n) is 12.2. The third kappa shape index (κ3) is 5.63. The van der Waals surface area contributed by atoms with E-state index in [0.717, 1.165) is 34.6 Å². The van der Waals surface area contributed by atoms with Gasteiger partial charge in [0.25, 0.3) is 0 Å². The molecule has 3 aliphatic rings. The number of phenols is 1. The van der Waals surface area contributed by atoms with Gasteiger partial charge in [0.05, 0.1) is 35.9 Å². The van der Waals surface area contributed by atoms with Crippen LogP contribution >= 0.6 is 0 Å². The van der Waals surface area contributed by atoms with Gasteiger partial charge in [-0.2, -0.15) is 0 Å². The molecule has 0 spiro atoms. The first-order valence-corrected chi connectivity index (χ1v) is 16.0. The highest BCUT2D eigenvalue weighted by molar-refractivity contribution is 6.22. The van der Waals surface area contributed by atoms with Crippen molar-refractivity contribution in [3.63, 3.8) is 0 Å². The smallest absolute Gasteiger partial charge is 0.238 e. The second-order valence-corrected chi connectivity index (χ2v) is 12.2. The van der Waals surface area contributed by atoms with Crippen LogP contribution < -0.4 is 10.2 Å². The number of nitrogens with one attached hydrogen (secondary N) is 1. The molecular weight excluding hydrogens is 574 g/mol. The van der Waals surface area contributed by atoms with Crippen LogP contribution in [0.25, 0.3) is 11.6 Å². The van der Waals surface area contributed by atoms with Crippen LogP contribution in [0.4, 0.5) is 17.1 Å². The number of benzene rings is 3. The first kappa shape index (κ1) is 29.7. The number of ether oxygens (including phenoxy) is 1. The number of para-hydroxylation sites is 2. The zero-order valence-corrected chi connectivity index (χ0v) is 25.8. The van der Waals surface area contributed by atoms with Crippen molar-refractivity contribution in [3.8, 4) is 5.75 Å². The van der Waals surface area contributed by atoms with Crippen molar-refractivity contribution in [2.24, 2.45) is 17.8 Å². The van der Waals surface area contributed by atoms with Gasteiger partial charge in [-0.25, -0.2) is 0 Å². The number of hydrogen-bond donors (Lipinski definition) is 2. The zero-order chi connectivity index (χ0) is 31.6. The van der Waals surface area contributed by atoms with Gasteiger partial charge in [-0.1, -0.05) is 55.0 Å². The molecular formula is C39H37N3O4. The maximum Gasteiger partial charge on any atom is 0.238 e. The Morgan fingerprint density at radius 3 is 2.39 bits per heavy atom. The molecule has 7 heteroatoms. The summed E-state index contributed by atoms with van der Waals surface area (Å²) in [5.74, 6) is -0.926. The van der Waals surface area contributed by atoms with E-state index in [0.29, 0.717) is 31.6 Å². The van der Waals surface area contributed by atoms with Crippen LogP contribution in [-0.2, 0) is 14.3 Å². The SMILES string of the molecule is CCC1=C2[C@@H](CC/C(=C/c3ccccc3O)c3ccccn3)OC[C@@H]2[C@@H]2C(=O)N(c3ccc(Nc4ccccc4)cc3)C(=O)[C@@H]2C1. The Kier molecular flexibility index (Phi) is 8.24. The maximum atomic E-state index is 14.0. The topological polar surface area (TPSA) is 91.8 Å². The summed E-state index contributed by atoms with van der Waals surface area (Å²) in [5, 5.41) is 13.8. The highest BCUT2D eigenvalue weighted by Crippen LogP contribution is 2.51. The van der Waals surface area contributed by atoms with Gasteiger partial charge in [-0.3, -0.25) is 19.5 Å². The first-order chi connectivity index (χ1) is 22.5. The molecule has 0 unspecified atom stereocenters. The van der Waals surface area contributed by atoms with E-state index in [-0.39, 0.29) is 35.5 Å². The van der Waals surface area contributed by atoms with Crippen molar-refractivity contribution in [2.75, 3.05) is 16.8 Å². The number of aromatic hydroxyl groups is 1. The lowest BCUT2D eigenvalue weighted by Crippen LogP contribution is -2.34. The monoisotopic (exact) mass is 611 g/mol. The molecule has 4 atom stereocenters. The molecule has 3 aromatic carbocycles. The minimum absolute atomic E-state index is 0.111. The molecule has 2 N–H and O–H groups in total. The molecule has 2 fully saturated rings. The molecule has 2 amide bonds. The number of hydrogen-bond acceptors (Lipinski definition) is 6. The molecule has 0 radical (unpaired) electrons. The second kappa shape index (κ2) is 12.8. The van der Waals surface area contributed by atoms with Crippen molar-refractivity contribution >= 4 is 40.5 Å². The predicted octanol–water partition coefficient (Wildman–Crippen LogP) is 7.78. The number of anilines is 3. The average molecular weight is 612 g/mol. The lowest BCUT2D eigenvalue weighted by Gasteiger charge is -2.31. The number of amides is 2. The van der Waals surface area contributed by atoms with Gasteiger partial charge in [0.1, 0.15) is 5.75 Å². The molecule has 1 aromatic heterocycles. The Balaban J connectivity index is 1.11. The number of nitrogens with zero attached hydrogens (tertiary/aromatic N) is 2. The van der Waals surface area contributed by atoms with Gasteiger partial charge in [-0.15, -0.1) is 0 Å². The van der Waals surface area contributed by atoms with Gasteiger partial charge < -0.3 is 15.2 Å². The number of fused-ring (bicyclic) bond motifs is 3. The standard InChI is InChI=1S/C39H37N3O4/c1-2-25-23-31-37(39(45)42(38(31)44)30-18-16-29(17-19-30)41-28-11-4-3-5-12-28)32-24-46-35(36(25)32)20-15-26(33-13-8-9-21-40-33)22-27-10-6-7-14-34(27)43/h3-14,16-19,21-22,31-32,35,37,41,43H,2,15,20,23-24H2,1H3/b26-22-/t31-,32+,35-,37-/m1/s1. The molecule has 7 nitrogen and oxygen atoms in total. The molecule has 2 aliphatic heterocycles. The van der Waals surface area contributed by atoms with Crippen LogP contribution in [0.1, 0.15) is 43.9 Å². The van der Waals surface area contributed by atoms with Gasteiger partial charge >= 0.3 is 0 Å². The quantitative estimate of drug-likeness (QED) is 0.148. The summed E-state index contributed by atoms with van der Waals surface area (Å²) in [4.78, 5) is 33.8. The van der Waals surface area contributed by atoms with Gasteiger partial charge in [0.15, 0.2) is 0 Å². The third-order valence-electron chi connectivity index (χ3n) is 9.56. The van der Waals surface area contributed by atoms with E-state index in [4.69, 9.17) is 4.74 Å². The van der Waals surface area contributed by atoms with Crippen molar-refractivity contribution < 1.29 is 19.4 Å². The van der Waals surface area contributed by atoms with Crippen molar-refractivity contribution in [1.82, 2.24) is 4.98 Å². The number of allylic oxidation sites excluding steroid dienone is 2. The molecule has 46 heavy (non-hydrogen) atoms. The number of pyridine rings is 1. The number of carbonyl (C=O) groups excluding carboxylic acids is 2. The molecule has 0 bridgehead atoms. The Labute approximate surface area is 269 Å². The molecule has 2 saturated heterocycles. The summed E-state index contributed by atoms with van der Waals surface area (Å²) in [6.07, 6.45) is 6.42. The lowest BCUT2D eigenvalue weighted by molar-refractivity contribution is -0.122. The molecule has 1 aliphatic carbocycles. The molecule has 3 heterocycles. The van der Waals surface area contributed by atoms with Crippen molar-refractivity contribution in [2.45, 2.75) is 38.7 Å². The van der Waals surface area contributed by atoms with E-state index in [1.54, 1.807) is 12.3 Å².